The minimum Gasteiger partial charge on any atom is -0.330 e. The van der Waals surface area contributed by atoms with Gasteiger partial charge in [-0.1, -0.05) is 34.3 Å². The third kappa shape index (κ3) is 1.62. The zero-order chi connectivity index (χ0) is 12.9. The smallest absolute Gasteiger partial charge is 0.230 e. The van der Waals surface area contributed by atoms with Crippen LogP contribution < -0.4 is 5.32 Å². The van der Waals surface area contributed by atoms with Crippen molar-refractivity contribution >= 4 is 5.91 Å². The molecule has 0 aliphatic carbocycles. The minimum atomic E-state index is -1.93. The van der Waals surface area contributed by atoms with Gasteiger partial charge in [-0.3, -0.25) is 4.79 Å². The molecule has 1 amide bonds. The van der Waals surface area contributed by atoms with Gasteiger partial charge in [0.2, 0.25) is 5.91 Å². The Morgan fingerprint density at radius 2 is 2.15 bits per heavy atom. The van der Waals surface area contributed by atoms with Crippen molar-refractivity contribution < 1.29 is 8.91 Å². The lowest BCUT2D eigenvalue weighted by molar-refractivity contribution is -0.137. The molecule has 1 fully saturated rings. The second-order valence-corrected chi connectivity index (χ2v) is 4.64. The van der Waals surface area contributed by atoms with Crippen LogP contribution in [0.1, 0.15) is 44.6 Å². The van der Waals surface area contributed by atoms with Crippen LogP contribution in [0.4, 0.5) is 0 Å². The fourth-order valence-electron chi connectivity index (χ4n) is 1.16. The van der Waals surface area contributed by atoms with Crippen LogP contribution in [0.15, 0.2) is 12.3 Å². The quantitative estimate of drug-likeness (QED) is 0.615. The number of allylic oxidation sites excluding steroid dienone is 1. The number of hydrogen-bond acceptors (Lipinski definition) is 1. The topological polar surface area (TPSA) is 29.1 Å². The highest BCUT2D eigenvalue weighted by molar-refractivity contribution is 5.85. The summed E-state index contributed by atoms with van der Waals surface area (Å²) in [6.45, 7) is 10.5. The summed E-state index contributed by atoms with van der Waals surface area (Å²) in [5, 5.41) is 2.52. The Hall–Kier alpha value is -0.790. The molecule has 1 N–H and O–H groups in total. The molecule has 2 atom stereocenters. The van der Waals surface area contributed by atoms with E-state index in [9.17, 15) is 4.79 Å². The Morgan fingerprint density at radius 1 is 1.62 bits per heavy atom. The van der Waals surface area contributed by atoms with Gasteiger partial charge in [-0.2, -0.15) is 0 Å². The van der Waals surface area contributed by atoms with Gasteiger partial charge < -0.3 is 5.32 Å². The maximum absolute atomic E-state index is 12.0. The Labute approximate surface area is 84.6 Å². The van der Waals surface area contributed by atoms with E-state index in [1.54, 1.807) is 6.92 Å². The van der Waals surface area contributed by atoms with E-state index in [1.807, 2.05) is 20.8 Å². The predicted molar refractivity (Wildman–Crippen MR) is 54.1 cm³/mol. The molecule has 2 unspecified atom stereocenters. The van der Waals surface area contributed by atoms with E-state index in [0.717, 1.165) is 0 Å². The van der Waals surface area contributed by atoms with Gasteiger partial charge >= 0.3 is 0 Å². The molecule has 0 aromatic heterocycles. The summed E-state index contributed by atoms with van der Waals surface area (Å²) < 4.78 is 23.9. The SMILES string of the molecule is [2H]C1C(=C)NC(=O)C(C)(C(C)(C)C)C1([2H])[2H]. The molecule has 1 saturated heterocycles. The highest BCUT2D eigenvalue weighted by Gasteiger charge is 2.45. The molecule has 0 bridgehead atoms. The molecule has 0 saturated carbocycles. The summed E-state index contributed by atoms with van der Waals surface area (Å²) in [7, 11) is 0. The first kappa shape index (κ1) is 6.63. The van der Waals surface area contributed by atoms with Crippen LogP contribution in [0.3, 0.4) is 0 Å². The predicted octanol–water partition coefficient (Wildman–Crippen LogP) is 2.46. The fraction of sp³-hybridized carbons (Fsp3) is 0.727. The second kappa shape index (κ2) is 2.86. The van der Waals surface area contributed by atoms with Crippen molar-refractivity contribution in [3.8, 4) is 0 Å². The van der Waals surface area contributed by atoms with Crippen LogP contribution in [0.25, 0.3) is 0 Å². The van der Waals surface area contributed by atoms with Crippen molar-refractivity contribution in [2.24, 2.45) is 10.8 Å². The van der Waals surface area contributed by atoms with E-state index in [-0.39, 0.29) is 5.70 Å². The van der Waals surface area contributed by atoms with E-state index >= 15 is 0 Å². The lowest BCUT2D eigenvalue weighted by Gasteiger charge is -2.43. The van der Waals surface area contributed by atoms with Crippen molar-refractivity contribution in [1.29, 1.82) is 0 Å². The van der Waals surface area contributed by atoms with E-state index in [1.165, 1.54) is 0 Å². The highest BCUT2D eigenvalue weighted by Crippen LogP contribution is 2.44. The molecular formula is C11H19NO. The second-order valence-electron chi connectivity index (χ2n) is 4.64. The van der Waals surface area contributed by atoms with Crippen LogP contribution in [-0.4, -0.2) is 5.91 Å². The molecule has 1 aliphatic heterocycles. The Balaban J connectivity index is 3.37. The number of rotatable bonds is 0. The first-order valence-corrected chi connectivity index (χ1v) is 4.39. The maximum atomic E-state index is 12.0. The van der Waals surface area contributed by atoms with Crippen LogP contribution in [-0.2, 0) is 4.79 Å². The number of carbonyl (C=O) groups excluding carboxylic acids is 1. The third-order valence-corrected chi connectivity index (χ3v) is 2.76. The number of piperidine rings is 1. The van der Waals surface area contributed by atoms with Crippen molar-refractivity contribution in [1.82, 2.24) is 5.32 Å². The average Bonchev–Trinajstić information content (AvgIpc) is 2.10. The Bertz CT molecular complexity index is 346. The van der Waals surface area contributed by atoms with Crippen molar-refractivity contribution in [2.75, 3.05) is 0 Å². The number of hydrogen-bond donors (Lipinski definition) is 1. The summed E-state index contributed by atoms with van der Waals surface area (Å²) >= 11 is 0. The first-order chi connectivity index (χ1) is 6.96. The molecular weight excluding hydrogens is 162 g/mol. The summed E-state index contributed by atoms with van der Waals surface area (Å²) in [5.74, 6) is -0.390. The monoisotopic (exact) mass is 184 g/mol. The molecule has 0 aromatic carbocycles. The molecule has 0 spiro atoms. The zero-order valence-electron chi connectivity index (χ0n) is 11.7. The number of carbonyl (C=O) groups is 1. The van der Waals surface area contributed by atoms with Crippen molar-refractivity contribution in [3.05, 3.63) is 12.3 Å². The lowest BCUT2D eigenvalue weighted by atomic mass is 9.63. The third-order valence-electron chi connectivity index (χ3n) is 2.76. The normalized spacial score (nSPS) is 43.1. The van der Waals surface area contributed by atoms with Crippen LogP contribution in [0.2, 0.25) is 0 Å². The van der Waals surface area contributed by atoms with Gasteiger partial charge in [0, 0.05) is 9.81 Å². The maximum Gasteiger partial charge on any atom is 0.230 e. The van der Waals surface area contributed by atoms with E-state index in [0.29, 0.717) is 0 Å². The molecule has 2 heteroatoms. The van der Waals surface area contributed by atoms with Gasteiger partial charge in [-0.15, -0.1) is 0 Å². The first-order valence-electron chi connectivity index (χ1n) is 5.96. The van der Waals surface area contributed by atoms with E-state index in [2.05, 4.69) is 11.9 Å². The summed E-state index contributed by atoms with van der Waals surface area (Å²) in [4.78, 5) is 12.0. The molecule has 0 radical (unpaired) electrons. The Kier molecular flexibility index (Phi) is 1.46. The van der Waals surface area contributed by atoms with Gasteiger partial charge in [0.25, 0.3) is 0 Å². The summed E-state index contributed by atoms with van der Waals surface area (Å²) in [6.07, 6.45) is -3.06. The van der Waals surface area contributed by atoms with Crippen LogP contribution in [0.5, 0.6) is 0 Å². The lowest BCUT2D eigenvalue weighted by Crippen LogP contribution is -2.49. The van der Waals surface area contributed by atoms with E-state index in [4.69, 9.17) is 4.11 Å². The Morgan fingerprint density at radius 3 is 2.62 bits per heavy atom. The van der Waals surface area contributed by atoms with Gasteiger partial charge in [-0.05, 0) is 18.2 Å². The average molecular weight is 184 g/mol. The number of amides is 1. The molecule has 2 nitrogen and oxygen atoms in total. The highest BCUT2D eigenvalue weighted by atomic mass is 16.2. The van der Waals surface area contributed by atoms with Gasteiger partial charge in [0.1, 0.15) is 0 Å². The molecule has 1 rings (SSSR count). The molecule has 74 valence electrons. The van der Waals surface area contributed by atoms with Gasteiger partial charge in [0.05, 0.1) is 5.41 Å². The van der Waals surface area contributed by atoms with Gasteiger partial charge in [0.15, 0.2) is 0 Å². The minimum absolute atomic E-state index is 0.136. The summed E-state index contributed by atoms with van der Waals surface area (Å²) in [5.41, 5.74) is -1.68. The standard InChI is InChI=1S/C11H19NO/c1-8-6-7-11(5,9(13)12-8)10(2,3)4/h1,6-7H2,2-5H3,(H,12,13)/i6D,7D2. The molecule has 1 aliphatic rings. The fourth-order valence-corrected chi connectivity index (χ4v) is 1.16. The number of nitrogens with one attached hydrogen (secondary N) is 1. The molecule has 0 aromatic rings. The van der Waals surface area contributed by atoms with Crippen LogP contribution >= 0.6 is 0 Å². The van der Waals surface area contributed by atoms with Crippen molar-refractivity contribution in [3.63, 3.8) is 0 Å². The van der Waals surface area contributed by atoms with Crippen LogP contribution in [0, 0.1) is 10.8 Å². The zero-order valence-corrected chi connectivity index (χ0v) is 8.69. The van der Waals surface area contributed by atoms with Crippen molar-refractivity contribution in [2.45, 2.75) is 40.5 Å². The largest absolute Gasteiger partial charge is 0.330 e. The summed E-state index contributed by atoms with van der Waals surface area (Å²) in [6, 6.07) is 0. The molecule has 13 heavy (non-hydrogen) atoms. The molecule has 1 heterocycles. The van der Waals surface area contributed by atoms with E-state index < -0.39 is 29.5 Å². The van der Waals surface area contributed by atoms with Gasteiger partial charge in [-0.25, -0.2) is 0 Å².